The minimum absolute atomic E-state index is 0. The summed E-state index contributed by atoms with van der Waals surface area (Å²) in [6, 6.07) is 7.75. The number of ether oxygens (including phenoxy) is 1. The van der Waals surface area contributed by atoms with E-state index in [0.29, 0.717) is 24.7 Å². The second kappa shape index (κ2) is 11.9. The number of nitrogens with zero attached hydrogens (tertiary/aromatic N) is 1. The number of oxazole rings is 1. The molecule has 7 heteroatoms. The van der Waals surface area contributed by atoms with Crippen molar-refractivity contribution in [1.29, 1.82) is 0 Å². The molecule has 1 aliphatic carbocycles. The molecule has 0 spiro atoms. The standard InChI is InChI=1S/C21H27NO4S.Na/c1-15-19(22-21(26-15)17-7-3-2-4-8-17)10-11-25-18-9-5-6-16(12-18)13-27-14-20(23)24;/h5-6,9,12,17H,2-4,7-8,10-11,13-14H2,1H3,(H,23,24);/q;+1/p-1. The van der Waals surface area contributed by atoms with Gasteiger partial charge in [-0.3, -0.25) is 0 Å². The molecule has 2 aromatic rings. The van der Waals surface area contributed by atoms with E-state index in [4.69, 9.17) is 14.1 Å². The summed E-state index contributed by atoms with van der Waals surface area (Å²) >= 11 is 1.32. The van der Waals surface area contributed by atoms with Crippen LogP contribution < -0.4 is 39.4 Å². The van der Waals surface area contributed by atoms with Crippen LogP contribution in [0.1, 0.15) is 60.9 Å². The Morgan fingerprint density at radius 2 is 2.11 bits per heavy atom. The Labute approximate surface area is 192 Å². The summed E-state index contributed by atoms with van der Waals surface area (Å²) < 4.78 is 11.8. The number of thioether (sulfide) groups is 1. The van der Waals surface area contributed by atoms with E-state index >= 15 is 0 Å². The maximum Gasteiger partial charge on any atom is 1.00 e. The summed E-state index contributed by atoms with van der Waals surface area (Å²) in [5.74, 6) is 2.64. The zero-order chi connectivity index (χ0) is 19.1. The third-order valence-corrected chi connectivity index (χ3v) is 5.84. The van der Waals surface area contributed by atoms with Gasteiger partial charge in [0.2, 0.25) is 0 Å². The minimum Gasteiger partial charge on any atom is -0.549 e. The van der Waals surface area contributed by atoms with Crippen molar-refractivity contribution in [2.75, 3.05) is 12.4 Å². The van der Waals surface area contributed by atoms with Gasteiger partial charge in [0.1, 0.15) is 11.5 Å². The van der Waals surface area contributed by atoms with Crippen LogP contribution in [-0.2, 0) is 17.0 Å². The number of carboxylic acid groups (broad SMARTS) is 1. The Morgan fingerprint density at radius 3 is 2.86 bits per heavy atom. The predicted octanol–water partition coefficient (Wildman–Crippen LogP) is 0.639. The number of aryl methyl sites for hydroxylation is 1. The zero-order valence-corrected chi connectivity index (χ0v) is 19.6. The SMILES string of the molecule is Cc1oc(C2CCCCC2)nc1CCOc1cccc(CSCC(=O)[O-])c1.[Na+]. The van der Waals surface area contributed by atoms with Crippen LogP contribution in [0.3, 0.4) is 0 Å². The van der Waals surface area contributed by atoms with E-state index in [9.17, 15) is 9.90 Å². The van der Waals surface area contributed by atoms with Crippen molar-refractivity contribution in [3.05, 3.63) is 47.2 Å². The molecule has 28 heavy (non-hydrogen) atoms. The van der Waals surface area contributed by atoms with Gasteiger partial charge in [-0.25, -0.2) is 4.98 Å². The third kappa shape index (κ3) is 7.14. The van der Waals surface area contributed by atoms with Crippen molar-refractivity contribution in [2.45, 2.75) is 57.1 Å². The summed E-state index contributed by atoms with van der Waals surface area (Å²) in [5, 5.41) is 10.5. The van der Waals surface area contributed by atoms with Gasteiger partial charge in [0.25, 0.3) is 0 Å². The first-order valence-electron chi connectivity index (χ1n) is 9.57. The molecule has 0 saturated heterocycles. The van der Waals surface area contributed by atoms with Crippen molar-refractivity contribution in [3.8, 4) is 5.75 Å². The summed E-state index contributed by atoms with van der Waals surface area (Å²) in [6.07, 6.45) is 6.93. The summed E-state index contributed by atoms with van der Waals surface area (Å²) in [6.45, 7) is 2.51. The van der Waals surface area contributed by atoms with E-state index in [2.05, 4.69) is 0 Å². The third-order valence-electron chi connectivity index (χ3n) is 4.86. The summed E-state index contributed by atoms with van der Waals surface area (Å²) in [7, 11) is 0. The minimum atomic E-state index is -1.04. The van der Waals surface area contributed by atoms with E-state index in [1.54, 1.807) is 0 Å². The van der Waals surface area contributed by atoms with Crippen LogP contribution in [0.4, 0.5) is 0 Å². The van der Waals surface area contributed by atoms with Gasteiger partial charge in [0.15, 0.2) is 5.89 Å². The van der Waals surface area contributed by atoms with Crippen molar-refractivity contribution in [2.24, 2.45) is 0 Å². The fourth-order valence-corrected chi connectivity index (χ4v) is 4.13. The van der Waals surface area contributed by atoms with E-state index in [-0.39, 0.29) is 35.3 Å². The Bertz CT molecular complexity index is 759. The van der Waals surface area contributed by atoms with E-state index in [0.717, 1.165) is 28.7 Å². The van der Waals surface area contributed by atoms with E-state index in [1.807, 2.05) is 31.2 Å². The average molecular weight is 411 g/mol. The molecule has 0 unspecified atom stereocenters. The van der Waals surface area contributed by atoms with E-state index < -0.39 is 5.97 Å². The number of hydrogen-bond acceptors (Lipinski definition) is 6. The van der Waals surface area contributed by atoms with E-state index in [1.165, 1.54) is 43.9 Å². The van der Waals surface area contributed by atoms with Crippen molar-refractivity contribution in [1.82, 2.24) is 4.98 Å². The van der Waals surface area contributed by atoms with Crippen molar-refractivity contribution in [3.63, 3.8) is 0 Å². The van der Waals surface area contributed by atoms with Crippen molar-refractivity contribution < 1.29 is 48.6 Å². The van der Waals surface area contributed by atoms with Crippen LogP contribution in [0.25, 0.3) is 0 Å². The van der Waals surface area contributed by atoms with Crippen LogP contribution in [0, 0.1) is 6.92 Å². The van der Waals surface area contributed by atoms with Crippen LogP contribution in [0.5, 0.6) is 5.75 Å². The number of carbonyl (C=O) groups is 1. The monoisotopic (exact) mass is 411 g/mol. The molecule has 0 radical (unpaired) electrons. The Balaban J connectivity index is 0.00000280. The van der Waals surface area contributed by atoms with Crippen LogP contribution >= 0.6 is 11.8 Å². The summed E-state index contributed by atoms with van der Waals surface area (Å²) in [4.78, 5) is 15.2. The van der Waals surface area contributed by atoms with Gasteiger partial charge in [0, 0.05) is 23.8 Å². The van der Waals surface area contributed by atoms with Gasteiger partial charge in [0.05, 0.1) is 18.3 Å². The first-order chi connectivity index (χ1) is 13.1. The zero-order valence-electron chi connectivity index (χ0n) is 16.7. The number of carbonyl (C=O) groups excluding carboxylic acids is 1. The van der Waals surface area contributed by atoms with Crippen LogP contribution in [0.2, 0.25) is 0 Å². The Hall–Kier alpha value is -0.950. The van der Waals surface area contributed by atoms with Crippen molar-refractivity contribution >= 4 is 17.7 Å². The number of benzene rings is 1. The molecule has 1 aromatic carbocycles. The maximum atomic E-state index is 10.5. The number of aromatic nitrogens is 1. The normalized spacial score (nSPS) is 14.5. The first kappa shape index (κ1) is 23.3. The number of hydrogen-bond donors (Lipinski definition) is 0. The molecule has 0 N–H and O–H groups in total. The van der Waals surface area contributed by atoms with Gasteiger partial charge in [-0.2, -0.15) is 11.8 Å². The molecule has 3 rings (SSSR count). The molecule has 5 nitrogen and oxygen atoms in total. The van der Waals surface area contributed by atoms with Crippen LogP contribution in [0.15, 0.2) is 28.7 Å². The Morgan fingerprint density at radius 1 is 1.32 bits per heavy atom. The molecule has 0 amide bonds. The fourth-order valence-electron chi connectivity index (χ4n) is 3.45. The fraction of sp³-hybridized carbons (Fsp3) is 0.524. The molecule has 146 valence electrons. The van der Waals surface area contributed by atoms with Gasteiger partial charge in [-0.15, -0.1) is 0 Å². The van der Waals surface area contributed by atoms with Gasteiger partial charge in [-0.05, 0) is 37.5 Å². The van der Waals surface area contributed by atoms with Crippen LogP contribution in [-0.4, -0.2) is 23.3 Å². The first-order valence-corrected chi connectivity index (χ1v) is 10.7. The number of carboxylic acids is 1. The number of aliphatic carboxylic acids is 1. The Kier molecular flexibility index (Phi) is 9.92. The summed E-state index contributed by atoms with van der Waals surface area (Å²) in [5.41, 5.74) is 2.02. The molecule has 1 aromatic heterocycles. The quantitative estimate of drug-likeness (QED) is 0.564. The molecule has 1 aliphatic rings. The maximum absolute atomic E-state index is 10.5. The molecule has 1 saturated carbocycles. The molecule has 1 heterocycles. The second-order valence-corrected chi connectivity index (χ2v) is 7.99. The second-order valence-electron chi connectivity index (χ2n) is 7.00. The average Bonchev–Trinajstić information content (AvgIpc) is 3.03. The molecular weight excluding hydrogens is 385 g/mol. The molecular formula is C21H26NNaO4S. The number of rotatable bonds is 9. The smallest absolute Gasteiger partial charge is 0.549 e. The van der Waals surface area contributed by atoms with Gasteiger partial charge >= 0.3 is 29.6 Å². The molecule has 1 fully saturated rings. The topological polar surface area (TPSA) is 75.4 Å². The molecule has 0 aliphatic heterocycles. The molecule has 0 atom stereocenters. The largest absolute Gasteiger partial charge is 1.00 e. The predicted molar refractivity (Wildman–Crippen MR) is 104 cm³/mol. The van der Waals surface area contributed by atoms with Gasteiger partial charge in [-0.1, -0.05) is 31.4 Å². The van der Waals surface area contributed by atoms with Gasteiger partial charge < -0.3 is 19.1 Å². The molecule has 0 bridgehead atoms.